The molecule has 0 saturated carbocycles. The van der Waals surface area contributed by atoms with Gasteiger partial charge in [0.05, 0.1) is 24.7 Å². The van der Waals surface area contributed by atoms with E-state index in [1.54, 1.807) is 0 Å². The van der Waals surface area contributed by atoms with Crippen molar-refractivity contribution in [3.8, 4) is 5.75 Å². The molecule has 8 heteroatoms. The number of hydrogen-bond donors (Lipinski definition) is 1. The van der Waals surface area contributed by atoms with E-state index < -0.39 is 35.0 Å². The molecule has 1 rings (SSSR count). The Hall–Kier alpha value is -1.83. The summed E-state index contributed by atoms with van der Waals surface area (Å²) < 4.78 is 29.5. The van der Waals surface area contributed by atoms with Crippen molar-refractivity contribution in [2.45, 2.75) is 13.0 Å². The fourth-order valence-electron chi connectivity index (χ4n) is 1.13. The topological polar surface area (TPSA) is 85.5 Å². The maximum absolute atomic E-state index is 12.5. The van der Waals surface area contributed by atoms with E-state index >= 15 is 0 Å². The van der Waals surface area contributed by atoms with Crippen LogP contribution in [0.4, 0.5) is 14.5 Å². The molecule has 0 fully saturated rings. The molecule has 0 aliphatic rings. The van der Waals surface area contributed by atoms with Crippen LogP contribution < -0.4 is 4.74 Å². The van der Waals surface area contributed by atoms with Gasteiger partial charge in [0.15, 0.2) is 5.75 Å². The van der Waals surface area contributed by atoms with Gasteiger partial charge in [-0.05, 0) is 0 Å². The Kier molecular flexibility index (Phi) is 3.67. The first-order valence-electron chi connectivity index (χ1n) is 4.12. The number of methoxy groups -OCH3 is 1. The highest BCUT2D eigenvalue weighted by Crippen LogP contribution is 2.32. The summed E-state index contributed by atoms with van der Waals surface area (Å²) >= 11 is 0. The van der Waals surface area contributed by atoms with E-state index in [9.17, 15) is 18.9 Å². The van der Waals surface area contributed by atoms with E-state index in [2.05, 4.69) is 9.72 Å². The Bertz CT molecular complexity index is 411. The van der Waals surface area contributed by atoms with Gasteiger partial charge in [0, 0.05) is 0 Å². The number of halogens is 2. The van der Waals surface area contributed by atoms with Gasteiger partial charge in [0.2, 0.25) is 0 Å². The number of pyridine rings is 1. The molecule has 16 heavy (non-hydrogen) atoms. The Balaban J connectivity index is 3.40. The van der Waals surface area contributed by atoms with E-state index in [0.717, 1.165) is 13.2 Å². The number of aliphatic hydroxyl groups excluding tert-OH is 1. The Morgan fingerprint density at radius 3 is 2.69 bits per heavy atom. The summed E-state index contributed by atoms with van der Waals surface area (Å²) in [7, 11) is 1.10. The lowest BCUT2D eigenvalue weighted by Gasteiger charge is -2.08. The normalized spacial score (nSPS) is 10.6. The zero-order valence-electron chi connectivity index (χ0n) is 8.18. The molecule has 0 unspecified atom stereocenters. The van der Waals surface area contributed by atoms with Gasteiger partial charge in [-0.2, -0.15) is 0 Å². The molecular formula is C8H8F2N2O4. The number of aromatic nitrogens is 1. The van der Waals surface area contributed by atoms with E-state index in [1.165, 1.54) is 0 Å². The molecule has 0 amide bonds. The van der Waals surface area contributed by atoms with Gasteiger partial charge >= 0.3 is 0 Å². The van der Waals surface area contributed by atoms with Crippen molar-refractivity contribution in [2.24, 2.45) is 0 Å². The van der Waals surface area contributed by atoms with Crippen LogP contribution in [0.5, 0.6) is 5.75 Å². The van der Waals surface area contributed by atoms with Gasteiger partial charge in [0.1, 0.15) is 11.4 Å². The molecule has 0 atom stereocenters. The summed E-state index contributed by atoms with van der Waals surface area (Å²) in [5.41, 5.74) is -1.69. The molecule has 88 valence electrons. The number of aliphatic hydroxyl groups is 1. The summed E-state index contributed by atoms with van der Waals surface area (Å²) in [6, 6.07) is 0.819. The van der Waals surface area contributed by atoms with Gasteiger partial charge in [-0.3, -0.25) is 10.1 Å². The minimum absolute atomic E-state index is 0.376. The zero-order valence-corrected chi connectivity index (χ0v) is 8.18. The molecule has 1 heterocycles. The van der Waals surface area contributed by atoms with Gasteiger partial charge in [-0.1, -0.05) is 0 Å². The first kappa shape index (κ1) is 12.2. The monoisotopic (exact) mass is 234 g/mol. The first-order valence-corrected chi connectivity index (χ1v) is 4.12. The average Bonchev–Trinajstić information content (AvgIpc) is 2.26. The molecule has 1 aromatic heterocycles. The largest absolute Gasteiger partial charge is 0.494 e. The molecule has 0 saturated heterocycles. The summed E-state index contributed by atoms with van der Waals surface area (Å²) in [4.78, 5) is 13.0. The summed E-state index contributed by atoms with van der Waals surface area (Å²) in [5, 5.41) is 19.3. The molecule has 0 bridgehead atoms. The predicted octanol–water partition coefficient (Wildman–Crippen LogP) is 1.43. The Labute approximate surface area is 88.6 Å². The molecule has 0 aliphatic heterocycles. The lowest BCUT2D eigenvalue weighted by molar-refractivity contribution is -0.386. The van der Waals surface area contributed by atoms with Crippen molar-refractivity contribution >= 4 is 5.69 Å². The van der Waals surface area contributed by atoms with Gasteiger partial charge in [-0.25, -0.2) is 13.8 Å². The number of nitro groups is 1. The smallest absolute Gasteiger partial charge is 0.296 e. The molecule has 1 aromatic rings. The standard InChI is InChI=1S/C8H8F2N2O4/c1-16-6-2-5(12(14)15)4(3-13)11-7(6)8(9)10/h2,8,13H,3H2,1H3. The molecular weight excluding hydrogens is 226 g/mol. The van der Waals surface area contributed by atoms with Crippen molar-refractivity contribution < 1.29 is 23.5 Å². The molecule has 0 spiro atoms. The van der Waals surface area contributed by atoms with Crippen molar-refractivity contribution in [3.05, 3.63) is 27.6 Å². The van der Waals surface area contributed by atoms with Gasteiger partial charge in [-0.15, -0.1) is 0 Å². The lowest BCUT2D eigenvalue weighted by Crippen LogP contribution is -2.04. The summed E-state index contributed by atoms with van der Waals surface area (Å²) in [5.74, 6) is -0.376. The molecule has 0 aromatic carbocycles. The van der Waals surface area contributed by atoms with Crippen molar-refractivity contribution in [2.75, 3.05) is 7.11 Å². The number of alkyl halides is 2. The second kappa shape index (κ2) is 4.79. The third-order valence-corrected chi connectivity index (χ3v) is 1.84. The van der Waals surface area contributed by atoms with Crippen LogP contribution in [0.1, 0.15) is 17.8 Å². The van der Waals surface area contributed by atoms with Crippen LogP contribution in [0, 0.1) is 10.1 Å². The highest BCUT2D eigenvalue weighted by atomic mass is 19.3. The van der Waals surface area contributed by atoms with Crippen LogP contribution >= 0.6 is 0 Å². The minimum atomic E-state index is -2.93. The summed E-state index contributed by atoms with van der Waals surface area (Å²) in [6.07, 6.45) is -2.93. The van der Waals surface area contributed by atoms with Crippen LogP contribution in [0.15, 0.2) is 6.07 Å². The quantitative estimate of drug-likeness (QED) is 0.629. The molecule has 0 radical (unpaired) electrons. The predicted molar refractivity (Wildman–Crippen MR) is 48.3 cm³/mol. The maximum atomic E-state index is 12.5. The maximum Gasteiger partial charge on any atom is 0.296 e. The van der Waals surface area contributed by atoms with Crippen molar-refractivity contribution in [1.29, 1.82) is 0 Å². The minimum Gasteiger partial charge on any atom is -0.494 e. The zero-order chi connectivity index (χ0) is 12.3. The molecule has 1 N–H and O–H groups in total. The summed E-state index contributed by atoms with van der Waals surface area (Å²) in [6.45, 7) is -0.792. The highest BCUT2D eigenvalue weighted by molar-refractivity contribution is 5.45. The number of rotatable bonds is 4. The van der Waals surface area contributed by atoms with E-state index in [1.807, 2.05) is 0 Å². The van der Waals surface area contributed by atoms with Crippen molar-refractivity contribution in [3.63, 3.8) is 0 Å². The third-order valence-electron chi connectivity index (χ3n) is 1.84. The fraction of sp³-hybridized carbons (Fsp3) is 0.375. The molecule has 6 nitrogen and oxygen atoms in total. The van der Waals surface area contributed by atoms with Crippen LogP contribution in [0.3, 0.4) is 0 Å². The Morgan fingerprint density at radius 1 is 1.69 bits per heavy atom. The van der Waals surface area contributed by atoms with E-state index in [-0.39, 0.29) is 5.75 Å². The van der Waals surface area contributed by atoms with Crippen LogP contribution in [0.25, 0.3) is 0 Å². The fourth-order valence-corrected chi connectivity index (χ4v) is 1.13. The van der Waals surface area contributed by atoms with Crippen molar-refractivity contribution in [1.82, 2.24) is 4.98 Å². The number of ether oxygens (including phenoxy) is 1. The number of hydrogen-bond acceptors (Lipinski definition) is 5. The molecule has 0 aliphatic carbocycles. The highest BCUT2D eigenvalue weighted by Gasteiger charge is 2.24. The SMILES string of the molecule is COc1cc([N+](=O)[O-])c(CO)nc1C(F)F. The van der Waals surface area contributed by atoms with E-state index in [4.69, 9.17) is 5.11 Å². The average molecular weight is 234 g/mol. The van der Waals surface area contributed by atoms with Gasteiger partial charge in [0.25, 0.3) is 12.1 Å². The lowest BCUT2D eigenvalue weighted by atomic mass is 10.2. The van der Waals surface area contributed by atoms with Crippen LogP contribution in [0.2, 0.25) is 0 Å². The van der Waals surface area contributed by atoms with Crippen LogP contribution in [-0.2, 0) is 6.61 Å². The third kappa shape index (κ3) is 2.22. The van der Waals surface area contributed by atoms with E-state index in [0.29, 0.717) is 0 Å². The first-order chi connectivity index (χ1) is 7.51. The second-order valence-corrected chi connectivity index (χ2v) is 2.76. The van der Waals surface area contributed by atoms with Gasteiger partial charge < -0.3 is 9.84 Å². The Morgan fingerprint density at radius 2 is 2.31 bits per heavy atom. The number of nitrogens with zero attached hydrogens (tertiary/aromatic N) is 2. The van der Waals surface area contributed by atoms with Crippen LogP contribution in [-0.4, -0.2) is 22.1 Å². The second-order valence-electron chi connectivity index (χ2n) is 2.76.